The summed E-state index contributed by atoms with van der Waals surface area (Å²) in [6.45, 7) is 7.02. The van der Waals surface area contributed by atoms with Gasteiger partial charge in [0.25, 0.3) is 0 Å². The van der Waals surface area contributed by atoms with Gasteiger partial charge in [0, 0.05) is 24.0 Å². The zero-order chi connectivity index (χ0) is 15.4. The van der Waals surface area contributed by atoms with Gasteiger partial charge in [0.15, 0.2) is 0 Å². The van der Waals surface area contributed by atoms with Crippen LogP contribution in [0.1, 0.15) is 17.5 Å². The van der Waals surface area contributed by atoms with Crippen LogP contribution in [0.4, 0.5) is 0 Å². The van der Waals surface area contributed by atoms with Gasteiger partial charge in [0.05, 0.1) is 25.8 Å². The molecule has 1 aromatic heterocycles. The van der Waals surface area contributed by atoms with Crippen LogP contribution in [0, 0.1) is 6.92 Å². The molecule has 0 radical (unpaired) electrons. The number of nitrogens with zero attached hydrogens (tertiary/aromatic N) is 2. The smallest absolute Gasteiger partial charge is 0.216 e. The normalized spacial score (nSPS) is 16.1. The maximum absolute atomic E-state index is 5.49. The first kappa shape index (κ1) is 15.3. The highest BCUT2D eigenvalue weighted by Crippen LogP contribution is 2.24. The second-order valence-electron chi connectivity index (χ2n) is 5.91. The first-order valence-corrected chi connectivity index (χ1v) is 8.00. The van der Waals surface area contributed by atoms with Gasteiger partial charge in [0.1, 0.15) is 0 Å². The first-order valence-electron chi connectivity index (χ1n) is 8.00. The number of fused-ring (bicyclic) bond motifs is 1. The van der Waals surface area contributed by atoms with Crippen molar-refractivity contribution < 1.29 is 9.47 Å². The van der Waals surface area contributed by atoms with Gasteiger partial charge in [-0.15, -0.1) is 0 Å². The Labute approximate surface area is 132 Å². The van der Waals surface area contributed by atoms with Crippen molar-refractivity contribution in [1.29, 1.82) is 0 Å². The summed E-state index contributed by atoms with van der Waals surface area (Å²) in [5.41, 5.74) is 3.43. The number of methoxy groups -OCH3 is 1. The number of hydrogen-bond donors (Lipinski definition) is 0. The van der Waals surface area contributed by atoms with E-state index in [9.17, 15) is 0 Å². The van der Waals surface area contributed by atoms with Gasteiger partial charge >= 0.3 is 0 Å². The number of pyridine rings is 1. The lowest BCUT2D eigenvalue weighted by molar-refractivity contribution is 0.0374. The maximum Gasteiger partial charge on any atom is 0.216 e. The Morgan fingerprint density at radius 3 is 2.82 bits per heavy atom. The van der Waals surface area contributed by atoms with Gasteiger partial charge in [-0.05, 0) is 44.0 Å². The number of rotatable bonds is 5. The lowest BCUT2D eigenvalue weighted by Gasteiger charge is -2.26. The molecule has 2 heterocycles. The van der Waals surface area contributed by atoms with Crippen LogP contribution in [0.25, 0.3) is 10.9 Å². The molecule has 3 rings (SSSR count). The topological polar surface area (TPSA) is 34.6 Å². The lowest BCUT2D eigenvalue weighted by Crippen LogP contribution is -2.36. The van der Waals surface area contributed by atoms with Crippen molar-refractivity contribution in [2.24, 2.45) is 0 Å². The van der Waals surface area contributed by atoms with Crippen molar-refractivity contribution in [1.82, 2.24) is 9.88 Å². The monoisotopic (exact) mass is 300 g/mol. The Balaban J connectivity index is 1.70. The average molecular weight is 300 g/mol. The lowest BCUT2D eigenvalue weighted by atomic mass is 10.1. The molecule has 4 heteroatoms. The van der Waals surface area contributed by atoms with Crippen LogP contribution in [-0.2, 0) is 11.2 Å². The van der Waals surface area contributed by atoms with Gasteiger partial charge < -0.3 is 9.47 Å². The summed E-state index contributed by atoms with van der Waals surface area (Å²) in [4.78, 5) is 7.13. The van der Waals surface area contributed by atoms with E-state index in [2.05, 4.69) is 41.1 Å². The number of aryl methyl sites for hydroxylation is 2. The van der Waals surface area contributed by atoms with Crippen molar-refractivity contribution in [3.63, 3.8) is 0 Å². The number of ether oxygens (including phenoxy) is 2. The quantitative estimate of drug-likeness (QED) is 0.850. The molecule has 0 aliphatic carbocycles. The molecule has 22 heavy (non-hydrogen) atoms. The Bertz CT molecular complexity index is 636. The molecule has 0 unspecified atom stereocenters. The molecule has 1 fully saturated rings. The van der Waals surface area contributed by atoms with Crippen LogP contribution in [0.5, 0.6) is 5.88 Å². The number of hydrogen-bond acceptors (Lipinski definition) is 4. The second kappa shape index (κ2) is 7.07. The van der Waals surface area contributed by atoms with Crippen LogP contribution >= 0.6 is 0 Å². The van der Waals surface area contributed by atoms with Crippen molar-refractivity contribution in [2.75, 3.05) is 40.0 Å². The number of morpholine rings is 1. The molecule has 0 spiro atoms. The van der Waals surface area contributed by atoms with Crippen LogP contribution in [0.3, 0.4) is 0 Å². The fourth-order valence-corrected chi connectivity index (χ4v) is 2.98. The third-order valence-corrected chi connectivity index (χ3v) is 4.23. The minimum atomic E-state index is 0.764. The summed E-state index contributed by atoms with van der Waals surface area (Å²) >= 11 is 0. The zero-order valence-corrected chi connectivity index (χ0v) is 13.5. The highest BCUT2D eigenvalue weighted by Gasteiger charge is 2.11. The molecule has 1 saturated heterocycles. The summed E-state index contributed by atoms with van der Waals surface area (Å²) in [7, 11) is 1.70. The molecule has 0 atom stereocenters. The first-order chi connectivity index (χ1) is 10.8. The predicted octanol–water partition coefficient (Wildman–Crippen LogP) is 2.82. The van der Waals surface area contributed by atoms with E-state index in [0.717, 1.165) is 57.1 Å². The molecule has 0 N–H and O–H groups in total. The average Bonchev–Trinajstić information content (AvgIpc) is 2.55. The van der Waals surface area contributed by atoms with E-state index < -0.39 is 0 Å². The molecule has 1 aliphatic rings. The molecule has 4 nitrogen and oxygen atoms in total. The van der Waals surface area contributed by atoms with Crippen molar-refractivity contribution >= 4 is 10.9 Å². The predicted molar refractivity (Wildman–Crippen MR) is 88.6 cm³/mol. The van der Waals surface area contributed by atoms with Crippen molar-refractivity contribution in [2.45, 2.75) is 19.8 Å². The molecule has 2 aromatic rings. The number of benzene rings is 1. The Morgan fingerprint density at radius 2 is 2.05 bits per heavy atom. The van der Waals surface area contributed by atoms with Gasteiger partial charge in [-0.25, -0.2) is 4.98 Å². The Hall–Kier alpha value is -1.65. The molecular formula is C18H24N2O2. The van der Waals surface area contributed by atoms with Crippen LogP contribution in [-0.4, -0.2) is 49.8 Å². The van der Waals surface area contributed by atoms with Crippen molar-refractivity contribution in [3.8, 4) is 5.88 Å². The maximum atomic E-state index is 5.49. The SMILES string of the molecule is COc1nc2cc(C)ccc2cc1CCCN1CCOCC1. The highest BCUT2D eigenvalue weighted by atomic mass is 16.5. The summed E-state index contributed by atoms with van der Waals surface area (Å²) in [6.07, 6.45) is 2.12. The van der Waals surface area contributed by atoms with Gasteiger partial charge in [-0.3, -0.25) is 4.90 Å². The summed E-state index contributed by atoms with van der Waals surface area (Å²) in [5, 5.41) is 1.19. The van der Waals surface area contributed by atoms with E-state index in [-0.39, 0.29) is 0 Å². The van der Waals surface area contributed by atoms with E-state index in [1.165, 1.54) is 16.5 Å². The number of aromatic nitrogens is 1. The Morgan fingerprint density at radius 1 is 1.23 bits per heavy atom. The van der Waals surface area contributed by atoms with Gasteiger partial charge in [-0.1, -0.05) is 12.1 Å². The van der Waals surface area contributed by atoms with Gasteiger partial charge in [0.2, 0.25) is 5.88 Å². The van der Waals surface area contributed by atoms with E-state index in [1.54, 1.807) is 7.11 Å². The zero-order valence-electron chi connectivity index (χ0n) is 13.5. The highest BCUT2D eigenvalue weighted by molar-refractivity contribution is 5.80. The molecule has 1 aliphatic heterocycles. The van der Waals surface area contributed by atoms with E-state index in [0.29, 0.717) is 0 Å². The molecule has 0 amide bonds. The summed E-state index contributed by atoms with van der Waals surface area (Å²) in [6, 6.07) is 8.60. The molecule has 1 aromatic carbocycles. The molecular weight excluding hydrogens is 276 g/mol. The minimum absolute atomic E-state index is 0.764. The van der Waals surface area contributed by atoms with E-state index in [4.69, 9.17) is 9.47 Å². The third kappa shape index (κ3) is 3.57. The molecule has 118 valence electrons. The second-order valence-corrected chi connectivity index (χ2v) is 5.91. The largest absolute Gasteiger partial charge is 0.481 e. The fraction of sp³-hybridized carbons (Fsp3) is 0.500. The van der Waals surface area contributed by atoms with Crippen LogP contribution in [0.2, 0.25) is 0 Å². The molecule has 0 bridgehead atoms. The summed E-state index contributed by atoms with van der Waals surface area (Å²) in [5.74, 6) is 0.764. The van der Waals surface area contributed by atoms with E-state index >= 15 is 0 Å². The fourth-order valence-electron chi connectivity index (χ4n) is 2.98. The van der Waals surface area contributed by atoms with Crippen LogP contribution in [0.15, 0.2) is 24.3 Å². The molecule has 0 saturated carbocycles. The Kier molecular flexibility index (Phi) is 4.90. The van der Waals surface area contributed by atoms with E-state index in [1.807, 2.05) is 0 Å². The van der Waals surface area contributed by atoms with Crippen molar-refractivity contribution in [3.05, 3.63) is 35.4 Å². The standard InChI is InChI=1S/C18H24N2O2/c1-14-5-6-15-13-16(18(21-2)19-17(15)12-14)4-3-7-20-8-10-22-11-9-20/h5-6,12-13H,3-4,7-11H2,1-2H3. The van der Waals surface area contributed by atoms with Crippen LogP contribution < -0.4 is 4.74 Å². The van der Waals surface area contributed by atoms with Gasteiger partial charge in [-0.2, -0.15) is 0 Å². The summed E-state index contributed by atoms with van der Waals surface area (Å²) < 4.78 is 10.9. The third-order valence-electron chi connectivity index (χ3n) is 4.23. The minimum Gasteiger partial charge on any atom is -0.481 e.